The molecule has 0 saturated carbocycles. The SMILES string of the molecule is Cc1cc(SCCCOc2cccc(N)c2)n(C)n1. The zero-order valence-electron chi connectivity index (χ0n) is 11.3. The summed E-state index contributed by atoms with van der Waals surface area (Å²) in [7, 11) is 1.97. The van der Waals surface area contributed by atoms with Crippen LogP contribution in [0.1, 0.15) is 12.1 Å². The van der Waals surface area contributed by atoms with Gasteiger partial charge in [0, 0.05) is 24.6 Å². The molecular formula is C14H19N3OS. The lowest BCUT2D eigenvalue weighted by Crippen LogP contribution is -2.00. The summed E-state index contributed by atoms with van der Waals surface area (Å²) in [4.78, 5) is 0. The fourth-order valence-corrected chi connectivity index (χ4v) is 2.70. The van der Waals surface area contributed by atoms with Crippen LogP contribution in [-0.2, 0) is 7.05 Å². The Morgan fingerprint density at radius 1 is 1.37 bits per heavy atom. The van der Waals surface area contributed by atoms with Crippen LogP contribution >= 0.6 is 11.8 Å². The van der Waals surface area contributed by atoms with Gasteiger partial charge in [0.1, 0.15) is 5.75 Å². The van der Waals surface area contributed by atoms with Gasteiger partial charge in [0.05, 0.1) is 17.3 Å². The molecule has 5 heteroatoms. The number of aryl methyl sites for hydroxylation is 2. The minimum atomic E-state index is 0.702. The Kier molecular flexibility index (Phi) is 4.74. The summed E-state index contributed by atoms with van der Waals surface area (Å²) in [5, 5.41) is 5.51. The van der Waals surface area contributed by atoms with Gasteiger partial charge in [-0.05, 0) is 31.5 Å². The standard InChI is InChI=1S/C14H19N3OS/c1-11-9-14(17(2)16-11)19-8-4-7-18-13-6-3-5-12(15)10-13/h3,5-6,9-10H,4,7-8,15H2,1-2H3. The van der Waals surface area contributed by atoms with E-state index < -0.39 is 0 Å². The van der Waals surface area contributed by atoms with Crippen molar-refractivity contribution in [3.8, 4) is 5.75 Å². The third-order valence-electron chi connectivity index (χ3n) is 2.62. The number of hydrogen-bond acceptors (Lipinski definition) is 4. The largest absolute Gasteiger partial charge is 0.493 e. The lowest BCUT2D eigenvalue weighted by Gasteiger charge is -2.06. The minimum absolute atomic E-state index is 0.702. The number of rotatable bonds is 6. The van der Waals surface area contributed by atoms with E-state index in [0.717, 1.165) is 29.3 Å². The molecule has 0 aliphatic heterocycles. The zero-order chi connectivity index (χ0) is 13.7. The van der Waals surface area contributed by atoms with Crippen LogP contribution in [0.25, 0.3) is 0 Å². The third-order valence-corrected chi connectivity index (χ3v) is 3.80. The molecule has 2 rings (SSSR count). The van der Waals surface area contributed by atoms with Crippen LogP contribution in [0.4, 0.5) is 5.69 Å². The first-order chi connectivity index (χ1) is 9.15. The maximum absolute atomic E-state index is 5.69. The Morgan fingerprint density at radius 3 is 2.89 bits per heavy atom. The lowest BCUT2D eigenvalue weighted by atomic mass is 10.3. The monoisotopic (exact) mass is 277 g/mol. The Labute approximate surface area is 117 Å². The fourth-order valence-electron chi connectivity index (χ4n) is 1.75. The van der Waals surface area contributed by atoms with Gasteiger partial charge in [-0.1, -0.05) is 6.07 Å². The summed E-state index contributed by atoms with van der Waals surface area (Å²) < 4.78 is 7.56. The average molecular weight is 277 g/mol. The molecule has 1 heterocycles. The van der Waals surface area contributed by atoms with Gasteiger partial charge in [0.25, 0.3) is 0 Å². The lowest BCUT2D eigenvalue weighted by molar-refractivity contribution is 0.319. The Bertz CT molecular complexity index is 539. The summed E-state index contributed by atoms with van der Waals surface area (Å²) >= 11 is 1.80. The highest BCUT2D eigenvalue weighted by Crippen LogP contribution is 2.19. The molecule has 0 saturated heterocycles. The van der Waals surface area contributed by atoms with E-state index in [1.807, 2.05) is 42.9 Å². The molecule has 0 unspecified atom stereocenters. The molecule has 19 heavy (non-hydrogen) atoms. The van der Waals surface area contributed by atoms with Gasteiger partial charge in [-0.15, -0.1) is 11.8 Å². The van der Waals surface area contributed by atoms with Crippen molar-refractivity contribution < 1.29 is 4.74 Å². The minimum Gasteiger partial charge on any atom is -0.493 e. The van der Waals surface area contributed by atoms with Gasteiger partial charge < -0.3 is 10.5 Å². The summed E-state index contributed by atoms with van der Waals surface area (Å²) in [6.45, 7) is 2.71. The molecule has 2 N–H and O–H groups in total. The van der Waals surface area contributed by atoms with Crippen molar-refractivity contribution in [1.82, 2.24) is 9.78 Å². The zero-order valence-corrected chi connectivity index (χ0v) is 12.1. The van der Waals surface area contributed by atoms with Crippen molar-refractivity contribution in [2.24, 2.45) is 7.05 Å². The van der Waals surface area contributed by atoms with E-state index >= 15 is 0 Å². The maximum atomic E-state index is 5.69. The molecule has 1 aromatic carbocycles. The predicted molar refractivity (Wildman–Crippen MR) is 79.6 cm³/mol. The number of anilines is 1. The second kappa shape index (κ2) is 6.52. The molecule has 0 fully saturated rings. The number of thioether (sulfide) groups is 1. The molecular weight excluding hydrogens is 258 g/mol. The molecule has 0 aliphatic carbocycles. The van der Waals surface area contributed by atoms with Crippen LogP contribution in [0.5, 0.6) is 5.75 Å². The maximum Gasteiger partial charge on any atom is 0.121 e. The van der Waals surface area contributed by atoms with Crippen LogP contribution < -0.4 is 10.5 Å². The Morgan fingerprint density at radius 2 is 2.21 bits per heavy atom. The molecule has 2 aromatic rings. The third kappa shape index (κ3) is 4.21. The van der Waals surface area contributed by atoms with E-state index in [9.17, 15) is 0 Å². The van der Waals surface area contributed by atoms with Gasteiger partial charge in [0.2, 0.25) is 0 Å². The highest BCUT2D eigenvalue weighted by atomic mass is 32.2. The van der Waals surface area contributed by atoms with E-state index in [1.165, 1.54) is 5.03 Å². The van der Waals surface area contributed by atoms with Crippen LogP contribution in [0.2, 0.25) is 0 Å². The average Bonchev–Trinajstić information content (AvgIpc) is 2.68. The number of benzene rings is 1. The van der Waals surface area contributed by atoms with E-state index in [1.54, 1.807) is 11.8 Å². The molecule has 0 bridgehead atoms. The van der Waals surface area contributed by atoms with E-state index in [2.05, 4.69) is 11.2 Å². The van der Waals surface area contributed by atoms with E-state index in [0.29, 0.717) is 6.61 Å². The summed E-state index contributed by atoms with van der Waals surface area (Å²) in [6, 6.07) is 9.63. The number of ether oxygens (including phenoxy) is 1. The Balaban J connectivity index is 1.69. The van der Waals surface area contributed by atoms with Crippen molar-refractivity contribution >= 4 is 17.4 Å². The summed E-state index contributed by atoms with van der Waals surface area (Å²) in [6.07, 6.45) is 0.990. The summed E-state index contributed by atoms with van der Waals surface area (Å²) in [5.74, 6) is 1.85. The van der Waals surface area contributed by atoms with Crippen molar-refractivity contribution in [1.29, 1.82) is 0 Å². The normalized spacial score (nSPS) is 10.6. The second-order valence-corrected chi connectivity index (χ2v) is 5.49. The number of hydrogen-bond donors (Lipinski definition) is 1. The van der Waals surface area contributed by atoms with Gasteiger partial charge >= 0.3 is 0 Å². The Hall–Kier alpha value is -1.62. The molecule has 0 amide bonds. The molecule has 1 aromatic heterocycles. The topological polar surface area (TPSA) is 53.1 Å². The number of nitrogen functional groups attached to an aromatic ring is 1. The summed E-state index contributed by atoms with van der Waals surface area (Å²) in [5.41, 5.74) is 7.48. The highest BCUT2D eigenvalue weighted by Gasteiger charge is 2.02. The van der Waals surface area contributed by atoms with Crippen molar-refractivity contribution in [2.45, 2.75) is 18.4 Å². The highest BCUT2D eigenvalue weighted by molar-refractivity contribution is 7.99. The second-order valence-electron chi connectivity index (χ2n) is 4.37. The van der Waals surface area contributed by atoms with E-state index in [-0.39, 0.29) is 0 Å². The van der Waals surface area contributed by atoms with Crippen molar-refractivity contribution in [2.75, 3.05) is 18.1 Å². The first kappa shape index (κ1) is 13.8. The van der Waals surface area contributed by atoms with Crippen LogP contribution in [0, 0.1) is 6.92 Å². The van der Waals surface area contributed by atoms with Crippen molar-refractivity contribution in [3.63, 3.8) is 0 Å². The number of aromatic nitrogens is 2. The van der Waals surface area contributed by atoms with Gasteiger partial charge in [-0.2, -0.15) is 5.10 Å². The van der Waals surface area contributed by atoms with Gasteiger partial charge in [0.15, 0.2) is 0 Å². The molecule has 4 nitrogen and oxygen atoms in total. The van der Waals surface area contributed by atoms with Gasteiger partial charge in [-0.25, -0.2) is 0 Å². The van der Waals surface area contributed by atoms with Gasteiger partial charge in [-0.3, -0.25) is 4.68 Å². The number of nitrogens with zero attached hydrogens (tertiary/aromatic N) is 2. The molecule has 0 spiro atoms. The first-order valence-electron chi connectivity index (χ1n) is 6.27. The van der Waals surface area contributed by atoms with E-state index in [4.69, 9.17) is 10.5 Å². The van der Waals surface area contributed by atoms with Crippen LogP contribution in [0.3, 0.4) is 0 Å². The quantitative estimate of drug-likeness (QED) is 0.501. The molecule has 0 atom stereocenters. The van der Waals surface area contributed by atoms with Crippen molar-refractivity contribution in [3.05, 3.63) is 36.0 Å². The fraction of sp³-hybridized carbons (Fsp3) is 0.357. The van der Waals surface area contributed by atoms with Crippen LogP contribution in [-0.4, -0.2) is 22.1 Å². The first-order valence-corrected chi connectivity index (χ1v) is 7.25. The number of nitrogens with two attached hydrogens (primary N) is 1. The molecule has 0 radical (unpaired) electrons. The molecule has 0 aliphatic rings. The van der Waals surface area contributed by atoms with Crippen LogP contribution in [0.15, 0.2) is 35.4 Å². The predicted octanol–water partition coefficient (Wildman–Crippen LogP) is 2.87. The smallest absolute Gasteiger partial charge is 0.121 e. The molecule has 102 valence electrons.